The van der Waals surface area contributed by atoms with Gasteiger partial charge in [-0.25, -0.2) is 9.78 Å². The molecule has 3 rings (SSSR count). The first-order chi connectivity index (χ1) is 10.6. The third-order valence-corrected chi connectivity index (χ3v) is 4.33. The van der Waals surface area contributed by atoms with Gasteiger partial charge in [-0.05, 0) is 19.4 Å². The quantitative estimate of drug-likeness (QED) is 0.739. The summed E-state index contributed by atoms with van der Waals surface area (Å²) in [5, 5.41) is 4.04. The Morgan fingerprint density at radius 2 is 2.32 bits per heavy atom. The third-order valence-electron chi connectivity index (χ3n) is 3.17. The number of nitrogens with one attached hydrogen (secondary N) is 1. The topological polar surface area (TPSA) is 98.1 Å². The van der Waals surface area contributed by atoms with Gasteiger partial charge in [-0.3, -0.25) is 4.79 Å². The molecule has 0 amide bonds. The van der Waals surface area contributed by atoms with Gasteiger partial charge in [0.15, 0.2) is 0 Å². The molecule has 114 valence electrons. The number of esters is 1. The number of aryl methyl sites for hydroxylation is 1. The normalized spacial score (nSPS) is 11.0. The smallest absolute Gasteiger partial charge is 0.348 e. The van der Waals surface area contributed by atoms with E-state index in [2.05, 4.69) is 15.1 Å². The van der Waals surface area contributed by atoms with Crippen molar-refractivity contribution in [2.75, 3.05) is 6.61 Å². The van der Waals surface area contributed by atoms with Gasteiger partial charge in [0.2, 0.25) is 0 Å². The number of carbonyl (C=O) groups is 1. The minimum Gasteiger partial charge on any atom is -0.462 e. The van der Waals surface area contributed by atoms with Crippen molar-refractivity contribution in [1.29, 1.82) is 0 Å². The predicted molar refractivity (Wildman–Crippen MR) is 80.2 cm³/mol. The lowest BCUT2D eigenvalue weighted by atomic mass is 10.2. The summed E-state index contributed by atoms with van der Waals surface area (Å²) in [6.45, 7) is 3.75. The van der Waals surface area contributed by atoms with E-state index in [9.17, 15) is 9.59 Å². The number of aromatic nitrogens is 3. The minimum absolute atomic E-state index is 0.263. The Morgan fingerprint density at radius 3 is 3.00 bits per heavy atom. The molecule has 3 aromatic heterocycles. The molecule has 0 aliphatic heterocycles. The van der Waals surface area contributed by atoms with E-state index in [1.807, 2.05) is 0 Å². The number of carbonyl (C=O) groups excluding carboxylic acids is 1. The van der Waals surface area contributed by atoms with Gasteiger partial charge in [-0.2, -0.15) is 0 Å². The first-order valence-corrected chi connectivity index (χ1v) is 7.49. The van der Waals surface area contributed by atoms with E-state index in [1.165, 1.54) is 17.6 Å². The number of aromatic amines is 1. The number of ether oxygens (including phenoxy) is 1. The first-order valence-electron chi connectivity index (χ1n) is 6.67. The van der Waals surface area contributed by atoms with Crippen LogP contribution in [0.1, 0.15) is 33.5 Å². The highest BCUT2D eigenvalue weighted by Gasteiger charge is 2.20. The standard InChI is InChI=1S/C14H13N3O4S/c1-3-20-14(19)11-7(2)10-12(18)16-9(17-13(10)22-11)4-8-5-15-21-6-8/h5-6H,3-4H2,1-2H3,(H,16,17,18). The highest BCUT2D eigenvalue weighted by molar-refractivity contribution is 7.20. The van der Waals surface area contributed by atoms with Gasteiger partial charge in [0, 0.05) is 12.0 Å². The van der Waals surface area contributed by atoms with Crippen LogP contribution in [-0.4, -0.2) is 27.7 Å². The summed E-state index contributed by atoms with van der Waals surface area (Å²) >= 11 is 1.17. The molecule has 0 unspecified atom stereocenters. The largest absolute Gasteiger partial charge is 0.462 e. The Morgan fingerprint density at radius 1 is 1.50 bits per heavy atom. The Balaban J connectivity index is 2.06. The maximum absolute atomic E-state index is 12.3. The first kappa shape index (κ1) is 14.5. The van der Waals surface area contributed by atoms with E-state index in [0.717, 1.165) is 5.56 Å². The summed E-state index contributed by atoms with van der Waals surface area (Å²) in [7, 11) is 0. The minimum atomic E-state index is -0.428. The van der Waals surface area contributed by atoms with Crippen molar-refractivity contribution in [1.82, 2.24) is 15.1 Å². The zero-order valence-electron chi connectivity index (χ0n) is 12.0. The van der Waals surface area contributed by atoms with Crippen LogP contribution in [0.5, 0.6) is 0 Å². The third kappa shape index (κ3) is 2.52. The summed E-state index contributed by atoms with van der Waals surface area (Å²) in [5.41, 5.74) is 1.14. The van der Waals surface area contributed by atoms with E-state index < -0.39 is 5.97 Å². The zero-order chi connectivity index (χ0) is 15.7. The van der Waals surface area contributed by atoms with Gasteiger partial charge >= 0.3 is 5.97 Å². The van der Waals surface area contributed by atoms with Gasteiger partial charge in [0.1, 0.15) is 21.8 Å². The number of H-pyrrole nitrogens is 1. The fourth-order valence-corrected chi connectivity index (χ4v) is 3.27. The maximum Gasteiger partial charge on any atom is 0.348 e. The van der Waals surface area contributed by atoms with Crippen molar-refractivity contribution < 1.29 is 14.1 Å². The molecule has 0 bridgehead atoms. The summed E-state index contributed by atoms with van der Waals surface area (Å²) in [5.74, 6) is 0.0698. The second kappa shape index (κ2) is 5.72. The van der Waals surface area contributed by atoms with Crippen LogP contribution >= 0.6 is 11.3 Å². The summed E-state index contributed by atoms with van der Waals surface area (Å²) < 4.78 is 9.76. The van der Waals surface area contributed by atoms with Crippen molar-refractivity contribution in [3.8, 4) is 0 Å². The van der Waals surface area contributed by atoms with E-state index in [1.54, 1.807) is 20.0 Å². The van der Waals surface area contributed by atoms with Gasteiger partial charge in [0.05, 0.1) is 18.2 Å². The molecule has 0 aliphatic rings. The van der Waals surface area contributed by atoms with Crippen molar-refractivity contribution in [3.63, 3.8) is 0 Å². The Kier molecular flexibility index (Phi) is 3.76. The molecule has 22 heavy (non-hydrogen) atoms. The molecule has 0 spiro atoms. The van der Waals surface area contributed by atoms with Crippen molar-refractivity contribution in [3.05, 3.63) is 44.6 Å². The molecule has 0 fully saturated rings. The highest BCUT2D eigenvalue weighted by Crippen LogP contribution is 2.27. The van der Waals surface area contributed by atoms with Gasteiger partial charge < -0.3 is 14.2 Å². The molecule has 0 saturated carbocycles. The van der Waals surface area contributed by atoms with Crippen LogP contribution in [0.25, 0.3) is 10.2 Å². The van der Waals surface area contributed by atoms with E-state index in [-0.39, 0.29) is 12.2 Å². The van der Waals surface area contributed by atoms with Crippen LogP contribution in [-0.2, 0) is 11.2 Å². The monoisotopic (exact) mass is 319 g/mol. The zero-order valence-corrected chi connectivity index (χ0v) is 12.8. The Hall–Kier alpha value is -2.48. The number of hydrogen-bond donors (Lipinski definition) is 1. The van der Waals surface area contributed by atoms with Crippen LogP contribution in [0.15, 0.2) is 21.8 Å². The predicted octanol–water partition coefficient (Wildman–Crippen LogP) is 2.05. The van der Waals surface area contributed by atoms with Crippen molar-refractivity contribution >= 4 is 27.5 Å². The lowest BCUT2D eigenvalue weighted by Gasteiger charge is -1.99. The maximum atomic E-state index is 12.3. The Labute approximate surface area is 128 Å². The average molecular weight is 319 g/mol. The summed E-state index contributed by atoms with van der Waals surface area (Å²) in [6.07, 6.45) is 3.46. The van der Waals surface area contributed by atoms with Gasteiger partial charge in [0.25, 0.3) is 5.56 Å². The molecule has 0 radical (unpaired) electrons. The van der Waals surface area contributed by atoms with E-state index in [0.29, 0.717) is 32.9 Å². The van der Waals surface area contributed by atoms with E-state index >= 15 is 0 Å². The Bertz CT molecular complexity index is 880. The SMILES string of the molecule is CCOC(=O)c1sc2nc(Cc3cnoc3)[nH]c(=O)c2c1C. The molecule has 0 aromatic carbocycles. The fraction of sp³-hybridized carbons (Fsp3) is 0.286. The lowest BCUT2D eigenvalue weighted by molar-refractivity contribution is 0.0531. The van der Waals surface area contributed by atoms with Crippen molar-refractivity contribution in [2.24, 2.45) is 0 Å². The molecule has 8 heteroatoms. The fourth-order valence-electron chi connectivity index (χ4n) is 2.17. The summed E-state index contributed by atoms with van der Waals surface area (Å²) in [4.78, 5) is 32.3. The van der Waals surface area contributed by atoms with Crippen LogP contribution < -0.4 is 5.56 Å². The number of rotatable bonds is 4. The van der Waals surface area contributed by atoms with E-state index in [4.69, 9.17) is 9.26 Å². The van der Waals surface area contributed by atoms with Crippen LogP contribution in [0.4, 0.5) is 0 Å². The van der Waals surface area contributed by atoms with Gasteiger partial charge in [-0.15, -0.1) is 11.3 Å². The average Bonchev–Trinajstić information content (AvgIpc) is 3.07. The number of hydrogen-bond acceptors (Lipinski definition) is 7. The number of fused-ring (bicyclic) bond motifs is 1. The molecule has 0 aliphatic carbocycles. The molecule has 3 heterocycles. The molecule has 0 atom stereocenters. The molecule has 7 nitrogen and oxygen atoms in total. The van der Waals surface area contributed by atoms with Gasteiger partial charge in [-0.1, -0.05) is 5.16 Å². The molecule has 0 saturated heterocycles. The highest BCUT2D eigenvalue weighted by atomic mass is 32.1. The number of nitrogens with zero attached hydrogens (tertiary/aromatic N) is 2. The molecular formula is C14H13N3O4S. The van der Waals surface area contributed by atoms with Crippen molar-refractivity contribution in [2.45, 2.75) is 20.3 Å². The molecular weight excluding hydrogens is 306 g/mol. The van der Waals surface area contributed by atoms with Crippen LogP contribution in [0.3, 0.4) is 0 Å². The van der Waals surface area contributed by atoms with Crippen LogP contribution in [0.2, 0.25) is 0 Å². The summed E-state index contributed by atoms with van der Waals surface area (Å²) in [6, 6.07) is 0. The molecule has 3 aromatic rings. The molecule has 1 N–H and O–H groups in total. The van der Waals surface area contributed by atoms with Crippen LogP contribution in [0, 0.1) is 6.92 Å². The lowest BCUT2D eigenvalue weighted by Crippen LogP contribution is -2.12. The second-order valence-corrected chi connectivity index (χ2v) is 5.68. The second-order valence-electron chi connectivity index (χ2n) is 4.68. The number of thiophene rings is 1.